The second kappa shape index (κ2) is 3.05. The lowest BCUT2D eigenvalue weighted by molar-refractivity contribution is 0.321. The van der Waals surface area contributed by atoms with Gasteiger partial charge in [-0.05, 0) is 19.1 Å². The Balaban J connectivity index is 3.12. The van der Waals surface area contributed by atoms with Gasteiger partial charge in [0.05, 0.1) is 6.21 Å². The molecule has 0 unspecified atom stereocenters. The topological polar surface area (TPSA) is 52.8 Å². The summed E-state index contributed by atoms with van der Waals surface area (Å²) in [6.07, 6.45) is 1.20. The molecule has 58 valence electrons. The minimum atomic E-state index is 0.119. The molecule has 1 aromatic rings. The molecule has 0 aliphatic carbocycles. The molecule has 1 rings (SSSR count). The van der Waals surface area contributed by atoms with Crippen LogP contribution in [0.4, 0.5) is 0 Å². The van der Waals surface area contributed by atoms with Crippen molar-refractivity contribution in [2.45, 2.75) is 6.92 Å². The first-order chi connectivity index (χ1) is 5.24. The van der Waals surface area contributed by atoms with Crippen LogP contribution in [0.25, 0.3) is 0 Å². The molecule has 0 saturated carbocycles. The van der Waals surface area contributed by atoms with Crippen LogP contribution in [0.1, 0.15) is 11.1 Å². The molecular formula is C8H9NO2. The normalized spacial score (nSPS) is 10.6. The molecule has 0 bridgehead atoms. The van der Waals surface area contributed by atoms with Gasteiger partial charge in [0.15, 0.2) is 0 Å². The van der Waals surface area contributed by atoms with Crippen LogP contribution in [0.15, 0.2) is 23.4 Å². The van der Waals surface area contributed by atoms with Gasteiger partial charge in [-0.25, -0.2) is 0 Å². The first-order valence-corrected chi connectivity index (χ1v) is 3.21. The third kappa shape index (κ3) is 1.70. The molecule has 0 aliphatic rings. The van der Waals surface area contributed by atoms with Crippen LogP contribution in [0.3, 0.4) is 0 Å². The van der Waals surface area contributed by atoms with Crippen molar-refractivity contribution in [1.29, 1.82) is 0 Å². The summed E-state index contributed by atoms with van der Waals surface area (Å²) in [6.45, 7) is 1.90. The lowest BCUT2D eigenvalue weighted by Gasteiger charge is -1.97. The number of aryl methyl sites for hydroxylation is 1. The van der Waals surface area contributed by atoms with Gasteiger partial charge in [-0.3, -0.25) is 0 Å². The Labute approximate surface area is 64.6 Å². The van der Waals surface area contributed by atoms with Gasteiger partial charge >= 0.3 is 0 Å². The summed E-state index contributed by atoms with van der Waals surface area (Å²) < 4.78 is 0. The van der Waals surface area contributed by atoms with Crippen molar-refractivity contribution in [1.82, 2.24) is 0 Å². The Morgan fingerprint density at radius 2 is 2.18 bits per heavy atom. The number of hydrogen-bond donors (Lipinski definition) is 2. The van der Waals surface area contributed by atoms with Crippen LogP contribution in [-0.4, -0.2) is 16.5 Å². The zero-order valence-electron chi connectivity index (χ0n) is 6.15. The summed E-state index contributed by atoms with van der Waals surface area (Å²) in [5.41, 5.74) is 1.53. The van der Waals surface area contributed by atoms with E-state index < -0.39 is 0 Å². The number of nitrogens with zero attached hydrogens (tertiary/aromatic N) is 1. The fraction of sp³-hybridized carbons (Fsp3) is 0.125. The van der Waals surface area contributed by atoms with Crippen LogP contribution in [0.2, 0.25) is 0 Å². The number of benzene rings is 1. The van der Waals surface area contributed by atoms with E-state index in [4.69, 9.17) is 10.3 Å². The molecule has 0 aromatic heterocycles. The van der Waals surface area contributed by atoms with E-state index >= 15 is 0 Å². The predicted octanol–water partition coefficient (Wildman–Crippen LogP) is 1.51. The summed E-state index contributed by atoms with van der Waals surface area (Å²) in [5, 5.41) is 20.2. The van der Waals surface area contributed by atoms with E-state index in [9.17, 15) is 0 Å². The monoisotopic (exact) mass is 151 g/mol. The van der Waals surface area contributed by atoms with Gasteiger partial charge in [-0.2, -0.15) is 0 Å². The summed E-state index contributed by atoms with van der Waals surface area (Å²) in [5.74, 6) is 0.119. The molecule has 2 N–H and O–H groups in total. The molecule has 0 radical (unpaired) electrons. The maximum absolute atomic E-state index is 9.16. The summed E-state index contributed by atoms with van der Waals surface area (Å²) in [4.78, 5) is 0. The van der Waals surface area contributed by atoms with Crippen molar-refractivity contribution in [2.24, 2.45) is 5.16 Å². The quantitative estimate of drug-likeness (QED) is 0.363. The van der Waals surface area contributed by atoms with Crippen LogP contribution in [0, 0.1) is 6.92 Å². The van der Waals surface area contributed by atoms with E-state index in [1.807, 2.05) is 6.92 Å². The fourth-order valence-corrected chi connectivity index (χ4v) is 0.840. The van der Waals surface area contributed by atoms with Gasteiger partial charge in [0, 0.05) is 5.56 Å². The molecule has 3 heteroatoms. The molecule has 0 amide bonds. The van der Waals surface area contributed by atoms with Crippen molar-refractivity contribution < 1.29 is 10.3 Å². The SMILES string of the molecule is Cc1ccc(O)c(/C=N\O)c1. The lowest BCUT2D eigenvalue weighted by Crippen LogP contribution is -1.83. The lowest BCUT2D eigenvalue weighted by atomic mass is 10.1. The van der Waals surface area contributed by atoms with E-state index in [0.717, 1.165) is 5.56 Å². The Kier molecular flexibility index (Phi) is 2.11. The number of phenols is 1. The van der Waals surface area contributed by atoms with Crippen LogP contribution in [0.5, 0.6) is 5.75 Å². The zero-order chi connectivity index (χ0) is 8.27. The van der Waals surface area contributed by atoms with Gasteiger partial charge in [0.25, 0.3) is 0 Å². The van der Waals surface area contributed by atoms with Crippen molar-refractivity contribution in [3.05, 3.63) is 29.3 Å². The van der Waals surface area contributed by atoms with Gasteiger partial charge in [-0.15, -0.1) is 0 Å². The third-order valence-corrected chi connectivity index (χ3v) is 1.38. The van der Waals surface area contributed by atoms with Crippen LogP contribution in [-0.2, 0) is 0 Å². The van der Waals surface area contributed by atoms with E-state index in [2.05, 4.69) is 5.16 Å². The van der Waals surface area contributed by atoms with Gasteiger partial charge in [0.1, 0.15) is 5.75 Å². The Bertz CT molecular complexity index is 281. The Hall–Kier alpha value is -1.51. The standard InChI is InChI=1S/C8H9NO2/c1-6-2-3-8(10)7(4-6)5-9-11/h2-5,10-11H,1H3/b9-5-. The van der Waals surface area contributed by atoms with Gasteiger partial charge < -0.3 is 10.3 Å². The summed E-state index contributed by atoms with van der Waals surface area (Å²) >= 11 is 0. The average Bonchev–Trinajstić information content (AvgIpc) is 1.98. The number of oxime groups is 1. The molecule has 0 heterocycles. The number of hydrogen-bond acceptors (Lipinski definition) is 3. The van der Waals surface area contributed by atoms with Crippen molar-refractivity contribution in [3.8, 4) is 5.75 Å². The van der Waals surface area contributed by atoms with Crippen molar-refractivity contribution in [3.63, 3.8) is 0 Å². The highest BCUT2D eigenvalue weighted by molar-refractivity contribution is 5.83. The molecule has 0 atom stereocenters. The smallest absolute Gasteiger partial charge is 0.124 e. The third-order valence-electron chi connectivity index (χ3n) is 1.38. The molecule has 3 nitrogen and oxygen atoms in total. The zero-order valence-corrected chi connectivity index (χ0v) is 6.15. The molecule has 0 fully saturated rings. The Morgan fingerprint density at radius 3 is 2.82 bits per heavy atom. The van der Waals surface area contributed by atoms with Crippen LogP contribution >= 0.6 is 0 Å². The molecule has 1 aromatic carbocycles. The van der Waals surface area contributed by atoms with Crippen molar-refractivity contribution in [2.75, 3.05) is 0 Å². The molecule has 0 saturated heterocycles. The fourth-order valence-electron chi connectivity index (χ4n) is 0.840. The maximum Gasteiger partial charge on any atom is 0.124 e. The molecular weight excluding hydrogens is 142 g/mol. The first-order valence-electron chi connectivity index (χ1n) is 3.21. The van der Waals surface area contributed by atoms with Crippen molar-refractivity contribution >= 4 is 6.21 Å². The highest BCUT2D eigenvalue weighted by Crippen LogP contribution is 2.15. The Morgan fingerprint density at radius 1 is 1.45 bits per heavy atom. The first kappa shape index (κ1) is 7.60. The maximum atomic E-state index is 9.16. The minimum absolute atomic E-state index is 0.119. The van der Waals surface area contributed by atoms with Gasteiger partial charge in [-0.1, -0.05) is 16.8 Å². The number of phenolic OH excluding ortho intramolecular Hbond substituents is 1. The van der Waals surface area contributed by atoms with E-state index in [1.54, 1.807) is 18.2 Å². The van der Waals surface area contributed by atoms with E-state index in [0.29, 0.717) is 5.56 Å². The van der Waals surface area contributed by atoms with Gasteiger partial charge in [0.2, 0.25) is 0 Å². The average molecular weight is 151 g/mol. The molecule has 11 heavy (non-hydrogen) atoms. The highest BCUT2D eigenvalue weighted by Gasteiger charge is 1.96. The summed E-state index contributed by atoms with van der Waals surface area (Å²) in [7, 11) is 0. The van der Waals surface area contributed by atoms with Crippen LogP contribution < -0.4 is 0 Å². The van der Waals surface area contributed by atoms with E-state index in [-0.39, 0.29) is 5.75 Å². The predicted molar refractivity (Wildman–Crippen MR) is 42.2 cm³/mol. The second-order valence-corrected chi connectivity index (χ2v) is 2.31. The number of aromatic hydroxyl groups is 1. The highest BCUT2D eigenvalue weighted by atomic mass is 16.4. The minimum Gasteiger partial charge on any atom is -0.507 e. The molecule has 0 spiro atoms. The second-order valence-electron chi connectivity index (χ2n) is 2.31. The number of rotatable bonds is 1. The summed E-state index contributed by atoms with van der Waals surface area (Å²) in [6, 6.07) is 5.07. The molecule has 0 aliphatic heterocycles. The largest absolute Gasteiger partial charge is 0.507 e. The van der Waals surface area contributed by atoms with E-state index in [1.165, 1.54) is 6.21 Å².